The lowest BCUT2D eigenvalue weighted by molar-refractivity contribution is 0.326. The molecule has 1 aromatic heterocycles. The van der Waals surface area contributed by atoms with Gasteiger partial charge in [0.2, 0.25) is 5.88 Å². The minimum Gasteiger partial charge on any atom is -0.497 e. The number of ether oxygens (including phenoxy) is 3. The number of aromatic nitrogens is 1. The second kappa shape index (κ2) is 7.99. The van der Waals surface area contributed by atoms with Gasteiger partial charge in [0, 0.05) is 12.6 Å². The highest BCUT2D eigenvalue weighted by molar-refractivity contribution is 5.42. The summed E-state index contributed by atoms with van der Waals surface area (Å²) in [7, 11) is 1.64. The standard InChI is InChI=1S/C16H20N2O3/c1-3-20-16-9-4-13(12-18-16)17-10-11-21-15-7-5-14(19-2)6-8-15/h4-9,12,17H,3,10-11H2,1-2H3. The Kier molecular flexibility index (Phi) is 5.70. The molecular formula is C16H20N2O3. The summed E-state index contributed by atoms with van der Waals surface area (Å²) < 4.78 is 16.0. The van der Waals surface area contributed by atoms with Crippen molar-refractivity contribution in [1.82, 2.24) is 4.98 Å². The Balaban J connectivity index is 1.71. The fraction of sp³-hybridized carbons (Fsp3) is 0.312. The lowest BCUT2D eigenvalue weighted by Gasteiger charge is -2.09. The third-order valence-electron chi connectivity index (χ3n) is 2.79. The molecule has 0 aliphatic heterocycles. The summed E-state index contributed by atoms with van der Waals surface area (Å²) in [6.45, 7) is 3.82. The van der Waals surface area contributed by atoms with E-state index in [0.717, 1.165) is 17.2 Å². The topological polar surface area (TPSA) is 52.6 Å². The number of anilines is 1. The number of nitrogens with one attached hydrogen (secondary N) is 1. The van der Waals surface area contributed by atoms with Gasteiger partial charge in [-0.15, -0.1) is 0 Å². The van der Waals surface area contributed by atoms with Gasteiger partial charge < -0.3 is 19.5 Å². The minimum atomic E-state index is 0.569. The first-order valence-electron chi connectivity index (χ1n) is 6.91. The van der Waals surface area contributed by atoms with E-state index in [1.54, 1.807) is 13.3 Å². The molecule has 2 aromatic rings. The molecule has 5 heteroatoms. The molecule has 0 aliphatic rings. The Bertz CT molecular complexity index is 526. The highest BCUT2D eigenvalue weighted by Gasteiger charge is 1.97. The van der Waals surface area contributed by atoms with Gasteiger partial charge in [-0.25, -0.2) is 4.98 Å². The molecule has 1 heterocycles. The van der Waals surface area contributed by atoms with E-state index in [1.807, 2.05) is 43.3 Å². The van der Waals surface area contributed by atoms with E-state index in [1.165, 1.54) is 0 Å². The van der Waals surface area contributed by atoms with E-state index < -0.39 is 0 Å². The number of nitrogens with zero attached hydrogens (tertiary/aromatic N) is 1. The first kappa shape index (κ1) is 15.0. The van der Waals surface area contributed by atoms with Crippen LogP contribution in [0.5, 0.6) is 17.4 Å². The van der Waals surface area contributed by atoms with E-state index in [2.05, 4.69) is 10.3 Å². The van der Waals surface area contributed by atoms with Gasteiger partial charge in [0.25, 0.3) is 0 Å². The third-order valence-corrected chi connectivity index (χ3v) is 2.79. The molecule has 112 valence electrons. The number of hydrogen-bond donors (Lipinski definition) is 1. The van der Waals surface area contributed by atoms with E-state index >= 15 is 0 Å². The number of rotatable bonds is 8. The molecule has 0 atom stereocenters. The number of hydrogen-bond acceptors (Lipinski definition) is 5. The summed E-state index contributed by atoms with van der Waals surface area (Å²) in [4.78, 5) is 4.18. The summed E-state index contributed by atoms with van der Waals surface area (Å²) in [5, 5.41) is 3.24. The maximum atomic E-state index is 5.63. The van der Waals surface area contributed by atoms with E-state index in [4.69, 9.17) is 14.2 Å². The normalized spacial score (nSPS) is 10.0. The zero-order valence-corrected chi connectivity index (χ0v) is 12.3. The summed E-state index contributed by atoms with van der Waals surface area (Å²) in [6.07, 6.45) is 1.75. The summed E-state index contributed by atoms with van der Waals surface area (Å²) in [5.41, 5.74) is 0.941. The second-order valence-electron chi connectivity index (χ2n) is 4.27. The highest BCUT2D eigenvalue weighted by atomic mass is 16.5. The fourth-order valence-electron chi connectivity index (χ4n) is 1.75. The van der Waals surface area contributed by atoms with Crippen LogP contribution in [0.15, 0.2) is 42.6 Å². The van der Waals surface area contributed by atoms with Gasteiger partial charge in [-0.1, -0.05) is 0 Å². The largest absolute Gasteiger partial charge is 0.497 e. The molecule has 2 rings (SSSR count). The van der Waals surface area contributed by atoms with Crippen LogP contribution >= 0.6 is 0 Å². The summed E-state index contributed by atoms with van der Waals surface area (Å²) in [5.74, 6) is 2.28. The molecule has 0 radical (unpaired) electrons. The van der Waals surface area contributed by atoms with Crippen molar-refractivity contribution in [2.75, 3.05) is 32.2 Å². The Morgan fingerprint density at radius 2 is 1.76 bits per heavy atom. The molecule has 0 spiro atoms. The van der Waals surface area contributed by atoms with Crippen molar-refractivity contribution in [3.05, 3.63) is 42.6 Å². The van der Waals surface area contributed by atoms with Crippen LogP contribution in [0.3, 0.4) is 0 Å². The molecule has 0 saturated heterocycles. The van der Waals surface area contributed by atoms with Gasteiger partial charge >= 0.3 is 0 Å². The van der Waals surface area contributed by atoms with Gasteiger partial charge in [-0.05, 0) is 37.3 Å². The molecule has 5 nitrogen and oxygen atoms in total. The van der Waals surface area contributed by atoms with Crippen molar-refractivity contribution in [3.63, 3.8) is 0 Å². The molecule has 0 amide bonds. The smallest absolute Gasteiger partial charge is 0.213 e. The lowest BCUT2D eigenvalue weighted by Crippen LogP contribution is -2.11. The molecule has 1 aromatic carbocycles. The highest BCUT2D eigenvalue weighted by Crippen LogP contribution is 2.17. The number of pyridine rings is 1. The molecule has 0 bridgehead atoms. The zero-order chi connectivity index (χ0) is 14.9. The Labute approximate surface area is 124 Å². The van der Waals surface area contributed by atoms with Gasteiger partial charge in [0.15, 0.2) is 0 Å². The monoisotopic (exact) mass is 288 g/mol. The molecule has 0 saturated carbocycles. The Hall–Kier alpha value is -2.43. The van der Waals surface area contributed by atoms with Gasteiger partial charge in [-0.2, -0.15) is 0 Å². The first-order chi connectivity index (χ1) is 10.3. The van der Waals surface area contributed by atoms with Crippen molar-refractivity contribution in [2.45, 2.75) is 6.92 Å². The van der Waals surface area contributed by atoms with E-state index in [0.29, 0.717) is 25.6 Å². The molecule has 21 heavy (non-hydrogen) atoms. The van der Waals surface area contributed by atoms with E-state index in [9.17, 15) is 0 Å². The van der Waals surface area contributed by atoms with Gasteiger partial charge in [-0.3, -0.25) is 0 Å². The average Bonchev–Trinajstić information content (AvgIpc) is 2.54. The predicted molar refractivity (Wildman–Crippen MR) is 82.4 cm³/mol. The van der Waals surface area contributed by atoms with Gasteiger partial charge in [0.1, 0.15) is 18.1 Å². The van der Waals surface area contributed by atoms with Crippen molar-refractivity contribution in [3.8, 4) is 17.4 Å². The van der Waals surface area contributed by atoms with Crippen LogP contribution in [0.1, 0.15) is 6.92 Å². The quantitative estimate of drug-likeness (QED) is 0.757. The van der Waals surface area contributed by atoms with Crippen LogP contribution in [-0.2, 0) is 0 Å². The fourth-order valence-corrected chi connectivity index (χ4v) is 1.75. The van der Waals surface area contributed by atoms with Crippen LogP contribution in [0, 0.1) is 0 Å². The molecule has 0 fully saturated rings. The maximum absolute atomic E-state index is 5.63. The van der Waals surface area contributed by atoms with Crippen LogP contribution in [0.4, 0.5) is 5.69 Å². The number of benzene rings is 1. The average molecular weight is 288 g/mol. The van der Waals surface area contributed by atoms with Crippen molar-refractivity contribution >= 4 is 5.69 Å². The number of methoxy groups -OCH3 is 1. The first-order valence-corrected chi connectivity index (χ1v) is 6.91. The lowest BCUT2D eigenvalue weighted by atomic mass is 10.3. The minimum absolute atomic E-state index is 0.569. The maximum Gasteiger partial charge on any atom is 0.213 e. The Morgan fingerprint density at radius 3 is 2.38 bits per heavy atom. The van der Waals surface area contributed by atoms with Crippen molar-refractivity contribution in [2.24, 2.45) is 0 Å². The Morgan fingerprint density at radius 1 is 1.00 bits per heavy atom. The molecular weight excluding hydrogens is 268 g/mol. The molecule has 1 N–H and O–H groups in total. The SMILES string of the molecule is CCOc1ccc(NCCOc2ccc(OC)cc2)cn1. The van der Waals surface area contributed by atoms with Crippen LogP contribution in [-0.4, -0.2) is 31.9 Å². The van der Waals surface area contributed by atoms with Crippen LogP contribution in [0.25, 0.3) is 0 Å². The third kappa shape index (κ3) is 4.87. The van der Waals surface area contributed by atoms with Crippen molar-refractivity contribution in [1.29, 1.82) is 0 Å². The molecule has 0 aliphatic carbocycles. The second-order valence-corrected chi connectivity index (χ2v) is 4.27. The van der Waals surface area contributed by atoms with Crippen LogP contribution in [0.2, 0.25) is 0 Å². The molecule has 0 unspecified atom stereocenters. The van der Waals surface area contributed by atoms with Gasteiger partial charge in [0.05, 0.1) is 25.6 Å². The predicted octanol–water partition coefficient (Wildman–Crippen LogP) is 2.98. The van der Waals surface area contributed by atoms with Crippen molar-refractivity contribution < 1.29 is 14.2 Å². The van der Waals surface area contributed by atoms with Crippen LogP contribution < -0.4 is 19.5 Å². The zero-order valence-electron chi connectivity index (χ0n) is 12.3. The summed E-state index contributed by atoms with van der Waals surface area (Å²) >= 11 is 0. The van der Waals surface area contributed by atoms with E-state index in [-0.39, 0.29) is 0 Å². The summed E-state index contributed by atoms with van der Waals surface area (Å²) in [6, 6.07) is 11.3.